The van der Waals surface area contributed by atoms with Crippen LogP contribution in [0.3, 0.4) is 0 Å². The van der Waals surface area contributed by atoms with Gasteiger partial charge in [-0.2, -0.15) is 0 Å². The number of hydrogen-bond acceptors (Lipinski definition) is 2. The highest BCUT2D eigenvalue weighted by Gasteiger charge is 2.24. The van der Waals surface area contributed by atoms with Crippen molar-refractivity contribution in [1.29, 1.82) is 0 Å². The predicted molar refractivity (Wildman–Crippen MR) is 94.0 cm³/mol. The summed E-state index contributed by atoms with van der Waals surface area (Å²) < 4.78 is 0. The topological polar surface area (TPSA) is 62.0 Å². The highest BCUT2D eigenvalue weighted by atomic mass is 32.1. The Morgan fingerprint density at radius 1 is 1.09 bits per heavy atom. The zero-order valence-corrected chi connectivity index (χ0v) is 14.5. The molecule has 0 bridgehead atoms. The first kappa shape index (κ1) is 17.7. The van der Waals surface area contributed by atoms with Crippen LogP contribution in [0.1, 0.15) is 12.5 Å². The van der Waals surface area contributed by atoms with Crippen LogP contribution in [0.15, 0.2) is 30.3 Å². The van der Waals surface area contributed by atoms with E-state index in [1.54, 1.807) is 4.90 Å². The number of nitrogens with one attached hydrogen (secondary N) is 5. The van der Waals surface area contributed by atoms with E-state index in [0.29, 0.717) is 11.7 Å². The van der Waals surface area contributed by atoms with Gasteiger partial charge in [0, 0.05) is 12.1 Å². The zero-order valence-electron chi connectivity index (χ0n) is 13.7. The molecule has 0 unspecified atom stereocenters. The first-order valence-electron chi connectivity index (χ1n) is 8.21. The second-order valence-corrected chi connectivity index (χ2v) is 6.28. The lowest BCUT2D eigenvalue weighted by atomic mass is 10.2. The van der Waals surface area contributed by atoms with Crippen LogP contribution in [-0.2, 0) is 11.3 Å². The highest BCUT2D eigenvalue weighted by Crippen LogP contribution is 1.94. The summed E-state index contributed by atoms with van der Waals surface area (Å²) >= 11 is 5.01. The summed E-state index contributed by atoms with van der Waals surface area (Å²) in [5.41, 5.74) is 6.74. The normalized spacial score (nSPS) is 20.6. The molecular weight excluding hydrogens is 310 g/mol. The van der Waals surface area contributed by atoms with Crippen molar-refractivity contribution in [2.45, 2.75) is 13.5 Å². The first-order chi connectivity index (χ1) is 11.2. The molecule has 1 saturated heterocycles. The Hall–Kier alpha value is -1.70. The zero-order chi connectivity index (χ0) is 16.5. The van der Waals surface area contributed by atoms with Gasteiger partial charge in [0.15, 0.2) is 11.7 Å². The van der Waals surface area contributed by atoms with Crippen molar-refractivity contribution in [2.24, 2.45) is 0 Å². The fourth-order valence-corrected chi connectivity index (χ4v) is 2.99. The van der Waals surface area contributed by atoms with Crippen LogP contribution in [0.2, 0.25) is 0 Å². The fourth-order valence-electron chi connectivity index (χ4n) is 2.80. The van der Waals surface area contributed by atoms with Gasteiger partial charge in [-0.05, 0) is 19.1 Å². The summed E-state index contributed by atoms with van der Waals surface area (Å²) in [6, 6.07) is 10.6. The Morgan fingerprint density at radius 3 is 2.39 bits per heavy atom. The molecule has 2 rings (SSSR count). The molecule has 5 N–H and O–H groups in total. The molecule has 0 radical (unpaired) electrons. The molecule has 1 heterocycles. The second kappa shape index (κ2) is 9.44. The van der Waals surface area contributed by atoms with Gasteiger partial charge in [0.25, 0.3) is 5.91 Å². The van der Waals surface area contributed by atoms with Crippen LogP contribution in [0.5, 0.6) is 0 Å². The van der Waals surface area contributed by atoms with E-state index >= 15 is 0 Å². The van der Waals surface area contributed by atoms with Crippen molar-refractivity contribution in [2.75, 3.05) is 39.3 Å². The minimum atomic E-state index is -0.0215. The molecule has 1 aromatic rings. The average Bonchev–Trinajstić information content (AvgIpc) is 2.56. The summed E-state index contributed by atoms with van der Waals surface area (Å²) in [4.78, 5) is 14.8. The lowest BCUT2D eigenvalue weighted by Gasteiger charge is -2.29. The Bertz CT molecular complexity index is 502. The fraction of sp³-hybridized carbons (Fsp3) is 0.500. The molecule has 1 aliphatic rings. The van der Waals surface area contributed by atoms with E-state index in [2.05, 4.69) is 46.5 Å². The number of quaternary nitrogens is 2. The first-order valence-corrected chi connectivity index (χ1v) is 8.62. The van der Waals surface area contributed by atoms with Gasteiger partial charge in [0.05, 0.1) is 0 Å². The molecule has 7 heteroatoms. The van der Waals surface area contributed by atoms with Gasteiger partial charge in [0.2, 0.25) is 0 Å². The van der Waals surface area contributed by atoms with E-state index in [-0.39, 0.29) is 5.91 Å². The Labute approximate surface area is 143 Å². The van der Waals surface area contributed by atoms with Crippen LogP contribution in [0.4, 0.5) is 0 Å². The smallest absolute Gasteiger partial charge is 0.293 e. The number of benzene rings is 1. The largest absolute Gasteiger partial charge is 0.362 e. The molecule has 1 aliphatic heterocycles. The summed E-state index contributed by atoms with van der Waals surface area (Å²) in [6.45, 7) is 8.48. The summed E-state index contributed by atoms with van der Waals surface area (Å²) in [5.74, 6) is -0.0215. The number of carbonyl (C=O) groups excluding carboxylic acids is 1. The number of hydrogen-bond donors (Lipinski definition) is 5. The maximum absolute atomic E-state index is 11.9. The van der Waals surface area contributed by atoms with Crippen molar-refractivity contribution >= 4 is 23.2 Å². The molecule has 126 valence electrons. The van der Waals surface area contributed by atoms with E-state index in [0.717, 1.165) is 39.3 Å². The monoisotopic (exact) mass is 337 g/mol. The maximum atomic E-state index is 11.9. The second-order valence-electron chi connectivity index (χ2n) is 5.87. The summed E-state index contributed by atoms with van der Waals surface area (Å²) in [6.07, 6.45) is 0. The van der Waals surface area contributed by atoms with Gasteiger partial charge in [-0.3, -0.25) is 15.6 Å². The van der Waals surface area contributed by atoms with Crippen LogP contribution >= 0.6 is 12.2 Å². The van der Waals surface area contributed by atoms with Crippen molar-refractivity contribution in [3.63, 3.8) is 0 Å². The minimum absolute atomic E-state index is 0.0215. The van der Waals surface area contributed by atoms with E-state index in [1.807, 2.05) is 6.92 Å². The van der Waals surface area contributed by atoms with Crippen molar-refractivity contribution < 1.29 is 14.6 Å². The number of rotatable bonds is 5. The van der Waals surface area contributed by atoms with Gasteiger partial charge >= 0.3 is 0 Å². The van der Waals surface area contributed by atoms with Crippen LogP contribution < -0.4 is 26.0 Å². The molecule has 0 aliphatic carbocycles. The van der Waals surface area contributed by atoms with Gasteiger partial charge in [-0.1, -0.05) is 30.3 Å². The average molecular weight is 337 g/mol. The van der Waals surface area contributed by atoms with Gasteiger partial charge in [-0.15, -0.1) is 0 Å². The lowest BCUT2D eigenvalue weighted by Crippen LogP contribution is -3.28. The van der Waals surface area contributed by atoms with Gasteiger partial charge in [-0.25, -0.2) is 0 Å². The third-order valence-corrected chi connectivity index (χ3v) is 4.27. The number of carbonyl (C=O) groups is 1. The van der Waals surface area contributed by atoms with E-state index in [4.69, 9.17) is 12.2 Å². The molecule has 0 spiro atoms. The molecule has 1 aromatic carbocycles. The predicted octanol–water partition coefficient (Wildman–Crippen LogP) is -2.51. The molecule has 1 amide bonds. The summed E-state index contributed by atoms with van der Waals surface area (Å²) in [5, 5.41) is 3.38. The Kier molecular flexibility index (Phi) is 7.25. The van der Waals surface area contributed by atoms with E-state index in [9.17, 15) is 4.79 Å². The molecule has 0 saturated carbocycles. The summed E-state index contributed by atoms with van der Waals surface area (Å²) in [7, 11) is 0. The lowest BCUT2D eigenvalue weighted by molar-refractivity contribution is -1.02. The van der Waals surface area contributed by atoms with Gasteiger partial charge in [0.1, 0.15) is 32.7 Å². The Morgan fingerprint density at radius 2 is 1.74 bits per heavy atom. The number of thiocarbonyl (C=S) groups is 1. The minimum Gasteiger partial charge on any atom is -0.362 e. The highest BCUT2D eigenvalue weighted by molar-refractivity contribution is 7.80. The SMILES string of the molecule is CCNC(=S)NNC(=O)C[NH+]1CC[NH+](Cc2ccccc2)CC1. The number of hydrazine groups is 1. The molecule has 6 nitrogen and oxygen atoms in total. The standard InChI is InChI=1S/C16H25N5OS/c1-2-17-16(23)19-18-15(22)13-21-10-8-20(9-11-21)12-14-6-4-3-5-7-14/h3-7H,2,8-13H2,1H3,(H,18,22)(H2,17,19,23)/p+2. The van der Waals surface area contributed by atoms with E-state index < -0.39 is 0 Å². The van der Waals surface area contributed by atoms with Crippen molar-refractivity contribution in [3.05, 3.63) is 35.9 Å². The number of piperazine rings is 1. The maximum Gasteiger partial charge on any atom is 0.293 e. The molecule has 1 fully saturated rings. The number of amides is 1. The van der Waals surface area contributed by atoms with Gasteiger partial charge < -0.3 is 15.1 Å². The van der Waals surface area contributed by atoms with Crippen molar-refractivity contribution in [1.82, 2.24) is 16.2 Å². The molecule has 0 aromatic heterocycles. The van der Waals surface area contributed by atoms with Crippen LogP contribution in [0.25, 0.3) is 0 Å². The molecule has 0 atom stereocenters. The van der Waals surface area contributed by atoms with Crippen LogP contribution in [0, 0.1) is 0 Å². The van der Waals surface area contributed by atoms with Crippen LogP contribution in [-0.4, -0.2) is 50.3 Å². The quantitative estimate of drug-likeness (QED) is 0.304. The third-order valence-electron chi connectivity index (χ3n) is 4.02. The van der Waals surface area contributed by atoms with E-state index in [1.165, 1.54) is 10.5 Å². The Balaban J connectivity index is 1.64. The van der Waals surface area contributed by atoms with Crippen molar-refractivity contribution in [3.8, 4) is 0 Å². The third kappa shape index (κ3) is 6.52. The molecular formula is C16H27N5OS+2. The molecule has 23 heavy (non-hydrogen) atoms.